The Morgan fingerprint density at radius 3 is 2.93 bits per heavy atom. The fraction of sp³-hybridized carbons (Fsp3) is 1.00. The number of rotatable bonds is 3. The van der Waals surface area contributed by atoms with Crippen LogP contribution < -0.4 is 0 Å². The fourth-order valence-corrected chi connectivity index (χ4v) is 3.48. The second-order valence-corrected chi connectivity index (χ2v) is 5.43. The summed E-state index contributed by atoms with van der Waals surface area (Å²) in [4.78, 5) is 2.68. The summed E-state index contributed by atoms with van der Waals surface area (Å²) >= 11 is 0. The first-order valence-electron chi connectivity index (χ1n) is 5.94. The maximum Gasteiger partial charge on any atom is 0.0716 e. The van der Waals surface area contributed by atoms with Gasteiger partial charge < -0.3 is 4.74 Å². The Morgan fingerprint density at radius 1 is 1.50 bits per heavy atom. The molecule has 2 heterocycles. The van der Waals surface area contributed by atoms with E-state index in [0.717, 1.165) is 5.92 Å². The zero-order valence-electron chi connectivity index (χ0n) is 9.75. The van der Waals surface area contributed by atoms with Gasteiger partial charge in [-0.05, 0) is 38.1 Å². The van der Waals surface area contributed by atoms with Crippen LogP contribution in [0.3, 0.4) is 0 Å². The number of methoxy groups -OCH3 is 1. The number of fused-ring (bicyclic) bond motifs is 1. The van der Waals surface area contributed by atoms with Gasteiger partial charge in [0.1, 0.15) is 0 Å². The van der Waals surface area contributed by atoms with E-state index in [1.807, 2.05) is 7.11 Å². The zero-order valence-corrected chi connectivity index (χ0v) is 9.75. The Balaban J connectivity index is 2.06. The molecule has 2 nitrogen and oxygen atoms in total. The first-order valence-corrected chi connectivity index (χ1v) is 5.94. The van der Waals surface area contributed by atoms with Gasteiger partial charge in [0, 0.05) is 19.2 Å². The lowest BCUT2D eigenvalue weighted by Gasteiger charge is -2.33. The minimum absolute atomic E-state index is 0.494. The van der Waals surface area contributed by atoms with Gasteiger partial charge in [-0.3, -0.25) is 4.90 Å². The second kappa shape index (κ2) is 3.82. The molecule has 0 spiro atoms. The molecule has 2 saturated heterocycles. The predicted octanol–water partition coefficient (Wildman–Crippen LogP) is 2.29. The van der Waals surface area contributed by atoms with Gasteiger partial charge >= 0.3 is 0 Å². The SMILES string of the molecule is CO[C@H]1CN2CCCC2(CC(C)C)C1. The normalized spacial score (nSPS) is 38.1. The highest BCUT2D eigenvalue weighted by Crippen LogP contribution is 2.43. The molecule has 0 aromatic heterocycles. The van der Waals surface area contributed by atoms with Crippen molar-refractivity contribution in [1.29, 1.82) is 0 Å². The van der Waals surface area contributed by atoms with Gasteiger partial charge in [0.15, 0.2) is 0 Å². The lowest BCUT2D eigenvalue weighted by Crippen LogP contribution is -2.39. The first-order chi connectivity index (χ1) is 6.66. The van der Waals surface area contributed by atoms with Crippen LogP contribution in [0.25, 0.3) is 0 Å². The summed E-state index contributed by atoms with van der Waals surface area (Å²) in [6.07, 6.45) is 5.90. The molecule has 1 unspecified atom stereocenters. The topological polar surface area (TPSA) is 12.5 Å². The van der Waals surface area contributed by atoms with Crippen LogP contribution in [0.4, 0.5) is 0 Å². The van der Waals surface area contributed by atoms with Gasteiger partial charge in [-0.25, -0.2) is 0 Å². The number of ether oxygens (including phenoxy) is 1. The van der Waals surface area contributed by atoms with Gasteiger partial charge in [-0.2, -0.15) is 0 Å². The van der Waals surface area contributed by atoms with Gasteiger partial charge in [0.25, 0.3) is 0 Å². The highest BCUT2D eigenvalue weighted by Gasteiger charge is 2.48. The molecule has 0 amide bonds. The van der Waals surface area contributed by atoms with Crippen molar-refractivity contribution in [3.05, 3.63) is 0 Å². The minimum Gasteiger partial charge on any atom is -0.380 e. The molecule has 2 atom stereocenters. The van der Waals surface area contributed by atoms with E-state index < -0.39 is 0 Å². The van der Waals surface area contributed by atoms with Crippen molar-refractivity contribution < 1.29 is 4.74 Å². The molecular formula is C12H23NO. The van der Waals surface area contributed by atoms with Crippen LogP contribution in [-0.4, -0.2) is 36.7 Å². The van der Waals surface area contributed by atoms with Gasteiger partial charge in [0.05, 0.1) is 6.10 Å². The molecular weight excluding hydrogens is 174 g/mol. The summed E-state index contributed by atoms with van der Waals surface area (Å²) in [5.41, 5.74) is 0.509. The van der Waals surface area contributed by atoms with Crippen molar-refractivity contribution >= 4 is 0 Å². The van der Waals surface area contributed by atoms with Gasteiger partial charge in [-0.15, -0.1) is 0 Å². The number of hydrogen-bond donors (Lipinski definition) is 0. The second-order valence-electron chi connectivity index (χ2n) is 5.43. The standard InChI is InChI=1S/C12H23NO/c1-10(2)7-12-5-4-6-13(12)9-11(8-12)14-3/h10-11H,4-9H2,1-3H3/t11-,12?/m1/s1. The van der Waals surface area contributed by atoms with Crippen molar-refractivity contribution in [3.63, 3.8) is 0 Å². The van der Waals surface area contributed by atoms with Crippen molar-refractivity contribution in [3.8, 4) is 0 Å². The maximum atomic E-state index is 5.51. The Labute approximate surface area is 87.6 Å². The zero-order chi connectivity index (χ0) is 10.2. The van der Waals surface area contributed by atoms with Gasteiger partial charge in [-0.1, -0.05) is 13.8 Å². The molecule has 0 radical (unpaired) electrons. The van der Waals surface area contributed by atoms with Crippen molar-refractivity contribution in [2.45, 2.75) is 51.2 Å². The molecule has 0 aromatic rings. The predicted molar refractivity (Wildman–Crippen MR) is 58.4 cm³/mol. The van der Waals surface area contributed by atoms with Crippen LogP contribution in [0, 0.1) is 5.92 Å². The van der Waals surface area contributed by atoms with E-state index in [0.29, 0.717) is 11.6 Å². The maximum absolute atomic E-state index is 5.51. The minimum atomic E-state index is 0.494. The van der Waals surface area contributed by atoms with Crippen LogP contribution in [0.1, 0.15) is 39.5 Å². The van der Waals surface area contributed by atoms with E-state index >= 15 is 0 Å². The molecule has 2 rings (SSSR count). The Bertz CT molecular complexity index is 204. The van der Waals surface area contributed by atoms with E-state index in [2.05, 4.69) is 18.7 Å². The molecule has 0 saturated carbocycles. The Kier molecular flexibility index (Phi) is 2.85. The van der Waals surface area contributed by atoms with Crippen LogP contribution >= 0.6 is 0 Å². The molecule has 0 aromatic carbocycles. The summed E-state index contributed by atoms with van der Waals surface area (Å²) in [5, 5.41) is 0. The third-order valence-electron chi connectivity index (χ3n) is 3.89. The third-order valence-corrected chi connectivity index (χ3v) is 3.89. The average Bonchev–Trinajstić information content (AvgIpc) is 2.58. The largest absolute Gasteiger partial charge is 0.380 e. The highest BCUT2D eigenvalue weighted by atomic mass is 16.5. The fourth-order valence-electron chi connectivity index (χ4n) is 3.48. The molecule has 0 bridgehead atoms. The van der Waals surface area contributed by atoms with E-state index in [-0.39, 0.29) is 0 Å². The van der Waals surface area contributed by atoms with E-state index in [1.54, 1.807) is 0 Å². The van der Waals surface area contributed by atoms with Gasteiger partial charge in [0.2, 0.25) is 0 Å². The Morgan fingerprint density at radius 2 is 2.29 bits per heavy atom. The summed E-state index contributed by atoms with van der Waals surface area (Å²) < 4.78 is 5.51. The lowest BCUT2D eigenvalue weighted by molar-refractivity contribution is 0.107. The summed E-state index contributed by atoms with van der Waals surface area (Å²) in [5.74, 6) is 0.811. The summed E-state index contributed by atoms with van der Waals surface area (Å²) in [6, 6.07) is 0. The molecule has 2 fully saturated rings. The molecule has 0 aliphatic carbocycles. The summed E-state index contributed by atoms with van der Waals surface area (Å²) in [7, 11) is 1.86. The van der Waals surface area contributed by atoms with E-state index in [4.69, 9.17) is 4.74 Å². The monoisotopic (exact) mass is 197 g/mol. The Hall–Kier alpha value is -0.0800. The highest BCUT2D eigenvalue weighted by molar-refractivity contribution is 5.03. The van der Waals surface area contributed by atoms with E-state index in [9.17, 15) is 0 Å². The molecule has 0 N–H and O–H groups in total. The van der Waals surface area contributed by atoms with Crippen molar-refractivity contribution in [2.24, 2.45) is 5.92 Å². The van der Waals surface area contributed by atoms with Crippen LogP contribution in [0.2, 0.25) is 0 Å². The van der Waals surface area contributed by atoms with Crippen molar-refractivity contribution in [2.75, 3.05) is 20.2 Å². The molecule has 2 aliphatic rings. The number of hydrogen-bond acceptors (Lipinski definition) is 2. The summed E-state index contributed by atoms with van der Waals surface area (Å²) in [6.45, 7) is 7.15. The van der Waals surface area contributed by atoms with Crippen LogP contribution in [-0.2, 0) is 4.74 Å². The van der Waals surface area contributed by atoms with E-state index in [1.165, 1.54) is 38.8 Å². The molecule has 82 valence electrons. The first kappa shape index (κ1) is 10.4. The quantitative estimate of drug-likeness (QED) is 0.688. The lowest BCUT2D eigenvalue weighted by atomic mass is 9.85. The average molecular weight is 197 g/mol. The molecule has 2 heteroatoms. The molecule has 14 heavy (non-hydrogen) atoms. The smallest absolute Gasteiger partial charge is 0.0716 e. The van der Waals surface area contributed by atoms with Crippen LogP contribution in [0.15, 0.2) is 0 Å². The molecule has 2 aliphatic heterocycles. The van der Waals surface area contributed by atoms with Crippen molar-refractivity contribution in [1.82, 2.24) is 4.90 Å². The third kappa shape index (κ3) is 1.70. The van der Waals surface area contributed by atoms with Crippen LogP contribution in [0.5, 0.6) is 0 Å². The number of nitrogens with zero attached hydrogens (tertiary/aromatic N) is 1.